The van der Waals surface area contributed by atoms with E-state index in [0.717, 1.165) is 29.4 Å². The average Bonchev–Trinajstić information content (AvgIpc) is 2.53. The summed E-state index contributed by atoms with van der Waals surface area (Å²) in [5.41, 5.74) is 2.85. The molecule has 1 aliphatic rings. The molecule has 0 atom stereocenters. The molecular formula is C19H17NO2. The first-order chi connectivity index (χ1) is 10.6. The first-order valence-electron chi connectivity index (χ1n) is 7.49. The maximum atomic E-state index is 12.7. The maximum absolute atomic E-state index is 12.7. The fourth-order valence-electron chi connectivity index (χ4n) is 3.05. The lowest BCUT2D eigenvalue weighted by Crippen LogP contribution is -2.40. The number of nitrogens with zero attached hydrogens (tertiary/aromatic N) is 1. The van der Waals surface area contributed by atoms with Crippen LogP contribution in [0.3, 0.4) is 0 Å². The Morgan fingerprint density at radius 1 is 1.05 bits per heavy atom. The van der Waals surface area contributed by atoms with Crippen LogP contribution in [-0.4, -0.2) is 23.3 Å². The van der Waals surface area contributed by atoms with Gasteiger partial charge >= 0.3 is 0 Å². The van der Waals surface area contributed by atoms with Gasteiger partial charge in [-0.3, -0.25) is 14.5 Å². The summed E-state index contributed by atoms with van der Waals surface area (Å²) in [5.74, 6) is 2.22. The smallest absolute Gasteiger partial charge is 0.261 e. The van der Waals surface area contributed by atoms with E-state index in [1.165, 1.54) is 4.90 Å². The van der Waals surface area contributed by atoms with Gasteiger partial charge in [-0.25, -0.2) is 0 Å². The SMILES string of the molecule is C#Cc1ccc2c3c(ccc(C)c13)C(=O)N(CCCC)C2=O. The molecule has 3 heteroatoms. The molecule has 0 unspecified atom stereocenters. The van der Waals surface area contributed by atoms with Crippen molar-refractivity contribution in [2.75, 3.05) is 6.54 Å². The van der Waals surface area contributed by atoms with E-state index < -0.39 is 0 Å². The van der Waals surface area contributed by atoms with Crippen LogP contribution in [0, 0.1) is 19.3 Å². The summed E-state index contributed by atoms with van der Waals surface area (Å²) < 4.78 is 0. The number of carbonyl (C=O) groups excluding carboxylic acids is 2. The Bertz CT molecular complexity index is 820. The van der Waals surface area contributed by atoms with E-state index >= 15 is 0 Å². The minimum absolute atomic E-state index is 0.217. The second-order valence-corrected chi connectivity index (χ2v) is 5.60. The Labute approximate surface area is 129 Å². The maximum Gasteiger partial charge on any atom is 0.261 e. The molecule has 0 fully saturated rings. The van der Waals surface area contributed by atoms with Crippen molar-refractivity contribution in [1.29, 1.82) is 0 Å². The molecule has 0 saturated heterocycles. The lowest BCUT2D eigenvalue weighted by Gasteiger charge is -2.28. The van der Waals surface area contributed by atoms with Crippen LogP contribution in [0.25, 0.3) is 10.8 Å². The van der Waals surface area contributed by atoms with E-state index in [4.69, 9.17) is 6.42 Å². The fourth-order valence-corrected chi connectivity index (χ4v) is 3.05. The van der Waals surface area contributed by atoms with Crippen molar-refractivity contribution in [2.24, 2.45) is 0 Å². The second kappa shape index (κ2) is 5.31. The molecule has 110 valence electrons. The van der Waals surface area contributed by atoms with E-state index in [0.29, 0.717) is 23.1 Å². The van der Waals surface area contributed by atoms with Crippen LogP contribution >= 0.6 is 0 Å². The van der Waals surface area contributed by atoms with Gasteiger partial charge in [0.15, 0.2) is 0 Å². The highest BCUT2D eigenvalue weighted by molar-refractivity contribution is 6.26. The summed E-state index contributed by atoms with van der Waals surface area (Å²) >= 11 is 0. The Kier molecular flexibility index (Phi) is 3.46. The largest absolute Gasteiger partial charge is 0.274 e. The molecule has 1 heterocycles. The summed E-state index contributed by atoms with van der Waals surface area (Å²) in [6.07, 6.45) is 7.32. The molecule has 2 aromatic rings. The molecule has 2 amide bonds. The number of benzene rings is 2. The molecule has 1 aliphatic heterocycles. The highest BCUT2D eigenvalue weighted by Gasteiger charge is 2.33. The zero-order valence-corrected chi connectivity index (χ0v) is 12.8. The summed E-state index contributed by atoms with van der Waals surface area (Å²) in [7, 11) is 0. The van der Waals surface area contributed by atoms with Crippen LogP contribution in [0.2, 0.25) is 0 Å². The number of imide groups is 1. The molecule has 0 aromatic heterocycles. The van der Waals surface area contributed by atoms with Crippen molar-refractivity contribution in [3.8, 4) is 12.3 Å². The van der Waals surface area contributed by atoms with Crippen LogP contribution in [0.1, 0.15) is 51.6 Å². The number of amides is 2. The monoisotopic (exact) mass is 291 g/mol. The van der Waals surface area contributed by atoms with Gasteiger partial charge in [-0.15, -0.1) is 6.42 Å². The quantitative estimate of drug-likeness (QED) is 0.641. The molecule has 22 heavy (non-hydrogen) atoms. The van der Waals surface area contributed by atoms with Gasteiger partial charge in [0.2, 0.25) is 0 Å². The third-order valence-electron chi connectivity index (χ3n) is 4.21. The van der Waals surface area contributed by atoms with Crippen LogP contribution < -0.4 is 0 Å². The van der Waals surface area contributed by atoms with Gasteiger partial charge < -0.3 is 0 Å². The fraction of sp³-hybridized carbons (Fsp3) is 0.263. The third-order valence-corrected chi connectivity index (χ3v) is 4.21. The van der Waals surface area contributed by atoms with E-state index in [1.54, 1.807) is 18.2 Å². The van der Waals surface area contributed by atoms with Gasteiger partial charge in [0.05, 0.1) is 0 Å². The number of carbonyl (C=O) groups is 2. The van der Waals surface area contributed by atoms with E-state index in [9.17, 15) is 9.59 Å². The number of hydrogen-bond donors (Lipinski definition) is 0. The van der Waals surface area contributed by atoms with Gasteiger partial charge in [0.25, 0.3) is 11.8 Å². The van der Waals surface area contributed by atoms with Crippen LogP contribution in [-0.2, 0) is 0 Å². The van der Waals surface area contributed by atoms with E-state index in [-0.39, 0.29) is 11.8 Å². The molecule has 3 nitrogen and oxygen atoms in total. The normalized spacial score (nSPS) is 13.6. The third kappa shape index (κ3) is 1.92. The number of hydrogen-bond acceptors (Lipinski definition) is 2. The van der Waals surface area contributed by atoms with Gasteiger partial charge in [0, 0.05) is 34.0 Å². The Morgan fingerprint density at radius 3 is 2.27 bits per heavy atom. The van der Waals surface area contributed by atoms with Gasteiger partial charge in [-0.05, 0) is 37.1 Å². The molecule has 0 radical (unpaired) electrons. The lowest BCUT2D eigenvalue weighted by molar-refractivity contribution is 0.0608. The Hall–Kier alpha value is -2.60. The van der Waals surface area contributed by atoms with Crippen molar-refractivity contribution in [2.45, 2.75) is 26.7 Å². The van der Waals surface area contributed by atoms with Crippen LogP contribution in [0.5, 0.6) is 0 Å². The summed E-state index contributed by atoms with van der Waals surface area (Å²) in [5, 5.41) is 1.55. The van der Waals surface area contributed by atoms with Crippen molar-refractivity contribution in [3.05, 3.63) is 46.5 Å². The van der Waals surface area contributed by atoms with Crippen LogP contribution in [0.15, 0.2) is 24.3 Å². The second-order valence-electron chi connectivity index (χ2n) is 5.60. The average molecular weight is 291 g/mol. The zero-order valence-electron chi connectivity index (χ0n) is 12.8. The molecule has 0 saturated carbocycles. The lowest BCUT2D eigenvalue weighted by atomic mass is 9.89. The van der Waals surface area contributed by atoms with Gasteiger partial charge in [-0.2, -0.15) is 0 Å². The first-order valence-corrected chi connectivity index (χ1v) is 7.49. The molecule has 2 aromatic carbocycles. The Morgan fingerprint density at radius 2 is 1.68 bits per heavy atom. The Balaban J connectivity index is 2.31. The van der Waals surface area contributed by atoms with E-state index in [2.05, 4.69) is 5.92 Å². The summed E-state index contributed by atoms with van der Waals surface area (Å²) in [6.45, 7) is 4.44. The molecule has 3 rings (SSSR count). The predicted octanol–water partition coefficient (Wildman–Crippen LogP) is 3.53. The summed E-state index contributed by atoms with van der Waals surface area (Å²) in [4.78, 5) is 26.7. The predicted molar refractivity (Wildman–Crippen MR) is 86.9 cm³/mol. The molecular weight excluding hydrogens is 274 g/mol. The van der Waals surface area contributed by atoms with Crippen LogP contribution in [0.4, 0.5) is 0 Å². The standard InChI is InChI=1S/C19H17NO2/c1-4-6-11-20-18(21)14-9-7-12(3)16-13(5-2)8-10-15(17(14)16)19(20)22/h2,7-10H,4,6,11H2,1,3H3. The van der Waals surface area contributed by atoms with E-state index in [1.807, 2.05) is 19.9 Å². The van der Waals surface area contributed by atoms with Crippen molar-refractivity contribution in [1.82, 2.24) is 4.90 Å². The highest BCUT2D eigenvalue weighted by atomic mass is 16.2. The minimum Gasteiger partial charge on any atom is -0.274 e. The topological polar surface area (TPSA) is 37.4 Å². The number of unbranched alkanes of at least 4 members (excludes halogenated alkanes) is 1. The first kappa shape index (κ1) is 14.3. The minimum atomic E-state index is -0.217. The zero-order chi connectivity index (χ0) is 15.9. The molecule has 0 spiro atoms. The summed E-state index contributed by atoms with van der Waals surface area (Å²) in [6, 6.07) is 7.23. The van der Waals surface area contributed by atoms with Crippen molar-refractivity contribution < 1.29 is 9.59 Å². The number of aryl methyl sites for hydroxylation is 1. The molecule has 0 N–H and O–H groups in total. The molecule has 0 bridgehead atoms. The van der Waals surface area contributed by atoms with Gasteiger partial charge in [0.1, 0.15) is 0 Å². The highest BCUT2D eigenvalue weighted by Crippen LogP contribution is 2.34. The molecule has 0 aliphatic carbocycles. The van der Waals surface area contributed by atoms with Gasteiger partial charge in [-0.1, -0.05) is 25.3 Å². The number of terminal acetylenes is 1. The number of rotatable bonds is 3. The van der Waals surface area contributed by atoms with Crippen molar-refractivity contribution in [3.63, 3.8) is 0 Å². The van der Waals surface area contributed by atoms with Crippen molar-refractivity contribution >= 4 is 22.6 Å².